The van der Waals surface area contributed by atoms with Crippen LogP contribution in [0.3, 0.4) is 0 Å². The lowest BCUT2D eigenvalue weighted by Crippen LogP contribution is -2.34. The molecule has 0 aliphatic carbocycles. The van der Waals surface area contributed by atoms with Crippen LogP contribution in [0.1, 0.15) is 23.3 Å². The van der Waals surface area contributed by atoms with Gasteiger partial charge in [-0.2, -0.15) is 5.10 Å². The highest BCUT2D eigenvalue weighted by atomic mass is 16.2. The molecule has 0 aromatic carbocycles. The van der Waals surface area contributed by atoms with Crippen LogP contribution >= 0.6 is 0 Å². The fraction of sp³-hybridized carbons (Fsp3) is 0.438. The molecule has 2 aliphatic heterocycles. The molecular formula is C16H19N5O2. The van der Waals surface area contributed by atoms with Crippen molar-refractivity contribution in [2.24, 2.45) is 12.5 Å². The molecule has 1 unspecified atom stereocenters. The maximum absolute atomic E-state index is 12.5. The second kappa shape index (κ2) is 4.97. The van der Waals surface area contributed by atoms with Gasteiger partial charge in [0.25, 0.3) is 5.91 Å². The minimum Gasteiger partial charge on any atom is -0.357 e. The highest BCUT2D eigenvalue weighted by Gasteiger charge is 2.49. The minimum atomic E-state index is -0.130. The quantitative estimate of drug-likeness (QED) is 0.899. The van der Waals surface area contributed by atoms with E-state index in [4.69, 9.17) is 0 Å². The summed E-state index contributed by atoms with van der Waals surface area (Å²) in [6.07, 6.45) is 6.68. The predicted octanol–water partition coefficient (Wildman–Crippen LogP) is 1.02. The first-order valence-corrected chi connectivity index (χ1v) is 7.78. The number of carbonyl (C=O) groups excluding carboxylic acids is 2. The van der Waals surface area contributed by atoms with Gasteiger partial charge in [-0.05, 0) is 18.6 Å². The first-order valence-electron chi connectivity index (χ1n) is 7.78. The summed E-state index contributed by atoms with van der Waals surface area (Å²) in [6.45, 7) is 1.99. The van der Waals surface area contributed by atoms with E-state index in [1.165, 1.54) is 0 Å². The third kappa shape index (κ3) is 2.32. The van der Waals surface area contributed by atoms with E-state index in [1.54, 1.807) is 28.0 Å². The summed E-state index contributed by atoms with van der Waals surface area (Å²) >= 11 is 0. The number of rotatable bonds is 2. The molecule has 1 N–H and O–H groups in total. The second-order valence-corrected chi connectivity index (χ2v) is 6.59. The Morgan fingerprint density at radius 2 is 2.26 bits per heavy atom. The zero-order chi connectivity index (χ0) is 16.0. The summed E-state index contributed by atoms with van der Waals surface area (Å²) in [5.74, 6) is 0.131. The van der Waals surface area contributed by atoms with Crippen LogP contribution in [-0.4, -0.2) is 51.1 Å². The standard InChI is InChI=1S/C16H19N5O2/c1-19-9-12(8-18-19)21-11-16(7-14(21)22)4-6-20(10-16)15(23)13-3-2-5-17-13/h2-3,5,8-9,17H,4,6-7,10-11H2,1H3. The fourth-order valence-corrected chi connectivity index (χ4v) is 3.69. The SMILES string of the molecule is Cn1cc(N2CC3(CCN(C(=O)c4ccc[nH]4)C3)CC2=O)cn1. The van der Waals surface area contributed by atoms with E-state index in [2.05, 4.69) is 10.1 Å². The number of anilines is 1. The number of nitrogens with zero attached hydrogens (tertiary/aromatic N) is 4. The number of carbonyl (C=O) groups is 2. The number of aromatic nitrogens is 3. The molecule has 0 radical (unpaired) electrons. The fourth-order valence-electron chi connectivity index (χ4n) is 3.69. The van der Waals surface area contributed by atoms with Gasteiger partial charge in [-0.25, -0.2) is 0 Å². The van der Waals surface area contributed by atoms with E-state index < -0.39 is 0 Å². The van der Waals surface area contributed by atoms with Crippen LogP contribution in [0.2, 0.25) is 0 Å². The zero-order valence-electron chi connectivity index (χ0n) is 13.0. The van der Waals surface area contributed by atoms with Crippen molar-refractivity contribution in [2.45, 2.75) is 12.8 Å². The van der Waals surface area contributed by atoms with Gasteiger partial charge >= 0.3 is 0 Å². The molecule has 2 saturated heterocycles. The highest BCUT2D eigenvalue weighted by Crippen LogP contribution is 2.42. The van der Waals surface area contributed by atoms with Crippen LogP contribution in [-0.2, 0) is 11.8 Å². The number of nitrogens with one attached hydrogen (secondary N) is 1. The Kier molecular flexibility index (Phi) is 3.04. The third-order valence-corrected chi connectivity index (χ3v) is 4.88. The highest BCUT2D eigenvalue weighted by molar-refractivity contribution is 5.97. The van der Waals surface area contributed by atoms with Crippen molar-refractivity contribution in [3.8, 4) is 0 Å². The average molecular weight is 313 g/mol. The number of hydrogen-bond donors (Lipinski definition) is 1. The summed E-state index contributed by atoms with van der Waals surface area (Å²) < 4.78 is 1.70. The average Bonchev–Trinajstić information content (AvgIpc) is 3.28. The zero-order valence-corrected chi connectivity index (χ0v) is 13.0. The van der Waals surface area contributed by atoms with Gasteiger partial charge in [0.1, 0.15) is 5.69 Å². The van der Waals surface area contributed by atoms with Gasteiger partial charge in [-0.15, -0.1) is 0 Å². The van der Waals surface area contributed by atoms with Gasteiger partial charge in [-0.3, -0.25) is 14.3 Å². The van der Waals surface area contributed by atoms with Crippen LogP contribution in [0.25, 0.3) is 0 Å². The molecule has 120 valence electrons. The van der Waals surface area contributed by atoms with Gasteiger partial charge in [-0.1, -0.05) is 0 Å². The number of hydrogen-bond acceptors (Lipinski definition) is 3. The molecular weight excluding hydrogens is 294 g/mol. The van der Waals surface area contributed by atoms with E-state index in [-0.39, 0.29) is 17.2 Å². The molecule has 1 spiro atoms. The van der Waals surface area contributed by atoms with Crippen LogP contribution in [0.5, 0.6) is 0 Å². The van der Waals surface area contributed by atoms with Gasteiger partial charge in [0.05, 0.1) is 11.9 Å². The molecule has 2 amide bonds. The van der Waals surface area contributed by atoms with E-state index in [0.717, 1.165) is 12.1 Å². The molecule has 23 heavy (non-hydrogen) atoms. The van der Waals surface area contributed by atoms with E-state index in [0.29, 0.717) is 31.7 Å². The largest absolute Gasteiger partial charge is 0.357 e. The lowest BCUT2D eigenvalue weighted by Gasteiger charge is -2.23. The molecule has 4 rings (SSSR count). The van der Waals surface area contributed by atoms with Crippen LogP contribution in [0.4, 0.5) is 5.69 Å². The maximum atomic E-state index is 12.5. The molecule has 0 saturated carbocycles. The Morgan fingerprint density at radius 3 is 2.96 bits per heavy atom. The van der Waals surface area contributed by atoms with E-state index in [9.17, 15) is 9.59 Å². The van der Waals surface area contributed by atoms with Crippen LogP contribution < -0.4 is 4.90 Å². The molecule has 7 nitrogen and oxygen atoms in total. The molecule has 2 fully saturated rings. The smallest absolute Gasteiger partial charge is 0.270 e. The second-order valence-electron chi connectivity index (χ2n) is 6.59. The predicted molar refractivity (Wildman–Crippen MR) is 83.9 cm³/mol. The lowest BCUT2D eigenvalue weighted by molar-refractivity contribution is -0.117. The summed E-state index contributed by atoms with van der Waals surface area (Å²) in [4.78, 5) is 31.5. The third-order valence-electron chi connectivity index (χ3n) is 4.88. The molecule has 0 bridgehead atoms. The topological polar surface area (TPSA) is 74.2 Å². The van der Waals surface area contributed by atoms with Gasteiger partial charge in [0, 0.05) is 50.9 Å². The summed E-state index contributed by atoms with van der Waals surface area (Å²) in [6, 6.07) is 3.61. The van der Waals surface area contributed by atoms with Gasteiger partial charge in [0.2, 0.25) is 5.91 Å². The number of aromatic amines is 1. The number of likely N-dealkylation sites (tertiary alicyclic amines) is 1. The first kappa shape index (κ1) is 14.0. The number of aryl methyl sites for hydroxylation is 1. The van der Waals surface area contributed by atoms with Gasteiger partial charge < -0.3 is 14.8 Å². The Hall–Kier alpha value is -2.57. The van der Waals surface area contributed by atoms with Crippen molar-refractivity contribution in [1.29, 1.82) is 0 Å². The molecule has 7 heteroatoms. The van der Waals surface area contributed by atoms with Crippen LogP contribution in [0.15, 0.2) is 30.7 Å². The summed E-state index contributed by atoms with van der Waals surface area (Å²) in [5, 5.41) is 4.14. The molecule has 2 aromatic heterocycles. The molecule has 1 atom stereocenters. The van der Waals surface area contributed by atoms with Crippen molar-refractivity contribution < 1.29 is 9.59 Å². The van der Waals surface area contributed by atoms with Crippen molar-refractivity contribution in [3.63, 3.8) is 0 Å². The number of H-pyrrole nitrogens is 1. The van der Waals surface area contributed by atoms with E-state index >= 15 is 0 Å². The lowest BCUT2D eigenvalue weighted by atomic mass is 9.86. The van der Waals surface area contributed by atoms with Crippen molar-refractivity contribution >= 4 is 17.5 Å². The Balaban J connectivity index is 1.50. The normalized spacial score (nSPS) is 24.1. The van der Waals surface area contributed by atoms with Crippen molar-refractivity contribution in [3.05, 3.63) is 36.4 Å². The summed E-state index contributed by atoms with van der Waals surface area (Å²) in [7, 11) is 1.84. The monoisotopic (exact) mass is 313 g/mol. The van der Waals surface area contributed by atoms with Crippen molar-refractivity contribution in [1.82, 2.24) is 19.7 Å². The number of amides is 2. The first-order chi connectivity index (χ1) is 11.1. The maximum Gasteiger partial charge on any atom is 0.270 e. The Labute approximate surface area is 133 Å². The Morgan fingerprint density at radius 1 is 1.39 bits per heavy atom. The Bertz CT molecular complexity index is 750. The molecule has 2 aromatic rings. The van der Waals surface area contributed by atoms with E-state index in [1.807, 2.05) is 24.2 Å². The summed E-state index contributed by atoms with van der Waals surface area (Å²) in [5.41, 5.74) is 1.31. The van der Waals surface area contributed by atoms with Crippen LogP contribution in [0, 0.1) is 5.41 Å². The van der Waals surface area contributed by atoms with Crippen molar-refractivity contribution in [2.75, 3.05) is 24.5 Å². The molecule has 4 heterocycles. The minimum absolute atomic E-state index is 0.0131. The van der Waals surface area contributed by atoms with Gasteiger partial charge in [0.15, 0.2) is 0 Å². The molecule has 2 aliphatic rings.